The van der Waals surface area contributed by atoms with Crippen LogP contribution in [0, 0.1) is 80.8 Å². The molecule has 2 N–H and O–H groups in total. The third-order valence-corrected chi connectivity index (χ3v) is 0.500. The molecule has 0 aromatic rings. The smallest absolute Gasteiger partial charge is 0.543 e. The second kappa shape index (κ2) is 21.7. The van der Waals surface area contributed by atoms with E-state index in [4.69, 9.17) is 59.4 Å². The summed E-state index contributed by atoms with van der Waals surface area (Å²) in [5.41, 5.74) is 0. The third kappa shape index (κ3) is 45.2. The molecule has 0 aromatic carbocycles. The molecule has 0 saturated carbocycles. The molecule has 0 unspecified atom stereocenters. The Morgan fingerprint density at radius 2 is 0.429 bits per heavy atom. The fourth-order valence-electron chi connectivity index (χ4n) is 0. The molecule has 15 heteroatoms. The zero-order chi connectivity index (χ0) is 15.5. The van der Waals surface area contributed by atoms with Crippen molar-refractivity contribution in [2.24, 2.45) is 0 Å². The Morgan fingerprint density at radius 1 is 0.381 bits per heavy atom. The molecule has 0 aliphatic heterocycles. The van der Waals surface area contributed by atoms with Gasteiger partial charge in [0.15, 0.2) is 0 Å². The second-order valence-electron chi connectivity index (χ2n) is 1.72. The van der Waals surface area contributed by atoms with Crippen LogP contribution in [0.1, 0.15) is 0 Å². The molecule has 21 heavy (non-hydrogen) atoms. The van der Waals surface area contributed by atoms with E-state index in [2.05, 4.69) is 0 Å². The van der Waals surface area contributed by atoms with E-state index in [0.717, 1.165) is 0 Å². The molecule has 0 aliphatic carbocycles. The summed E-state index contributed by atoms with van der Waals surface area (Å²) < 4.78 is 0. The van der Waals surface area contributed by atoms with Crippen LogP contribution < -0.4 is 30.6 Å². The first-order chi connectivity index (χ1) is 7.93. The van der Waals surface area contributed by atoms with Gasteiger partial charge in [-0.05, 0) is 0 Å². The van der Waals surface area contributed by atoms with Crippen molar-refractivity contribution < 1.29 is 146 Å². The molecular formula is C6H2O13Sm2. The SMILES string of the molecule is O.O=C([O-])C(=O)[O-].O=C([O-])C(=O)[O-].O=C([O-])C(=O)[O-].[Sm+3].[Sm+3]. The van der Waals surface area contributed by atoms with Crippen molar-refractivity contribution in [3.8, 4) is 0 Å². The van der Waals surface area contributed by atoms with Crippen LogP contribution in [0.25, 0.3) is 0 Å². The number of hydrogen-bond acceptors (Lipinski definition) is 12. The van der Waals surface area contributed by atoms with Crippen LogP contribution in [-0.4, -0.2) is 41.3 Å². The molecule has 0 atom stereocenters. The van der Waals surface area contributed by atoms with Gasteiger partial charge in [0.05, 0.1) is 35.8 Å². The normalized spacial score (nSPS) is 6.29. The van der Waals surface area contributed by atoms with E-state index in [0.29, 0.717) is 0 Å². The Labute approximate surface area is 179 Å². The minimum Gasteiger partial charge on any atom is -0.543 e. The average Bonchev–Trinajstić information content (AvgIpc) is 2.18. The quantitative estimate of drug-likeness (QED) is 0.241. The summed E-state index contributed by atoms with van der Waals surface area (Å²) in [7, 11) is 0. The molecule has 0 fully saturated rings. The number of carboxylic acids is 6. The van der Waals surface area contributed by atoms with Gasteiger partial charge >= 0.3 is 80.8 Å². The van der Waals surface area contributed by atoms with Crippen molar-refractivity contribution in [1.29, 1.82) is 0 Å². The Kier molecular flexibility index (Phi) is 38.4. The summed E-state index contributed by atoms with van der Waals surface area (Å²) in [6.07, 6.45) is 0. The number of carbonyl (C=O) groups is 6. The van der Waals surface area contributed by atoms with Crippen LogP contribution in [0.2, 0.25) is 0 Å². The van der Waals surface area contributed by atoms with Crippen molar-refractivity contribution in [3.63, 3.8) is 0 Å². The predicted octanol–water partition coefficient (Wildman–Crippen LogP) is -11.4. The van der Waals surface area contributed by atoms with Gasteiger partial charge in [-0.15, -0.1) is 0 Å². The standard InChI is InChI=1S/3C2H2O4.H2O.2Sm/c3*3-1(4)2(5)6;;;/h3*(H,3,4)(H,5,6);1H2;;/q;;;;2*+3/p-6. The fraction of sp³-hybridized carbons (Fsp3) is 0. The minimum atomic E-state index is -2.19. The van der Waals surface area contributed by atoms with Crippen molar-refractivity contribution in [3.05, 3.63) is 0 Å². The molecule has 0 aliphatic rings. The molecule has 116 valence electrons. The van der Waals surface area contributed by atoms with E-state index < -0.39 is 35.8 Å². The summed E-state index contributed by atoms with van der Waals surface area (Å²) >= 11 is 0. The maximum atomic E-state index is 8.93. The van der Waals surface area contributed by atoms with Crippen LogP contribution in [0.5, 0.6) is 0 Å². The van der Waals surface area contributed by atoms with Gasteiger partial charge in [0.2, 0.25) is 0 Å². The van der Waals surface area contributed by atoms with Gasteiger partial charge in [-0.3, -0.25) is 0 Å². The van der Waals surface area contributed by atoms with Crippen molar-refractivity contribution in [1.82, 2.24) is 0 Å². The molecule has 0 rings (SSSR count). The van der Waals surface area contributed by atoms with E-state index in [1.165, 1.54) is 0 Å². The summed E-state index contributed by atoms with van der Waals surface area (Å²) in [6, 6.07) is 0. The first-order valence-electron chi connectivity index (χ1n) is 3.20. The van der Waals surface area contributed by atoms with Gasteiger partial charge < -0.3 is 64.9 Å². The monoisotopic (exact) mass is 586 g/mol. The van der Waals surface area contributed by atoms with Crippen molar-refractivity contribution in [2.45, 2.75) is 0 Å². The van der Waals surface area contributed by atoms with E-state index in [1.54, 1.807) is 0 Å². The van der Waals surface area contributed by atoms with Crippen LogP contribution in [0.3, 0.4) is 0 Å². The maximum Gasteiger partial charge on any atom is 3.00 e. The van der Waals surface area contributed by atoms with Gasteiger partial charge in [-0.1, -0.05) is 0 Å². The molecule has 13 nitrogen and oxygen atoms in total. The van der Waals surface area contributed by atoms with Crippen molar-refractivity contribution in [2.75, 3.05) is 0 Å². The van der Waals surface area contributed by atoms with Gasteiger partial charge in [0.1, 0.15) is 0 Å². The second-order valence-corrected chi connectivity index (χ2v) is 1.72. The van der Waals surface area contributed by atoms with Crippen molar-refractivity contribution >= 4 is 35.8 Å². The third-order valence-electron chi connectivity index (χ3n) is 0.500. The van der Waals surface area contributed by atoms with E-state index in [1.807, 2.05) is 0 Å². The number of aliphatic carboxylic acids is 6. The fourth-order valence-corrected chi connectivity index (χ4v) is 0. The minimum absolute atomic E-state index is 0. The number of rotatable bonds is 0. The summed E-state index contributed by atoms with van der Waals surface area (Å²) in [6.45, 7) is 0. The molecule has 0 spiro atoms. The van der Waals surface area contributed by atoms with Crippen LogP contribution in [0.4, 0.5) is 0 Å². The number of carbonyl (C=O) groups excluding carboxylic acids is 6. The maximum absolute atomic E-state index is 8.93. The number of carboxylic acid groups (broad SMARTS) is 6. The Balaban J connectivity index is -0.0000000375. The van der Waals surface area contributed by atoms with Gasteiger partial charge in [0, 0.05) is 0 Å². The molecule has 0 aromatic heterocycles. The molecule has 0 heterocycles. The first kappa shape index (κ1) is 37.1. The van der Waals surface area contributed by atoms with Crippen LogP contribution in [-0.2, 0) is 28.8 Å². The Bertz CT molecular complexity index is 282. The molecular weight excluding hydrogens is 581 g/mol. The molecule has 0 bridgehead atoms. The topological polar surface area (TPSA) is 272 Å². The molecule has 2 radical (unpaired) electrons. The van der Waals surface area contributed by atoms with Crippen LogP contribution in [0.15, 0.2) is 0 Å². The largest absolute Gasteiger partial charge is 3.00 e. The Hall–Kier alpha value is -0.545. The van der Waals surface area contributed by atoms with Gasteiger partial charge in [-0.2, -0.15) is 0 Å². The molecule has 0 amide bonds. The summed E-state index contributed by atoms with van der Waals surface area (Å²) in [4.78, 5) is 53.6. The molecule has 0 saturated heterocycles. The number of hydrogen-bond donors (Lipinski definition) is 0. The van der Waals surface area contributed by atoms with E-state index in [9.17, 15) is 0 Å². The predicted molar refractivity (Wildman–Crippen MR) is 33.7 cm³/mol. The first-order valence-corrected chi connectivity index (χ1v) is 3.20. The van der Waals surface area contributed by atoms with E-state index >= 15 is 0 Å². The Morgan fingerprint density at radius 3 is 0.429 bits per heavy atom. The zero-order valence-corrected chi connectivity index (χ0v) is 14.5. The zero-order valence-electron chi connectivity index (χ0n) is 9.22. The van der Waals surface area contributed by atoms with Crippen LogP contribution >= 0.6 is 0 Å². The average molecular weight is 583 g/mol. The van der Waals surface area contributed by atoms with Gasteiger partial charge in [-0.25, -0.2) is 0 Å². The van der Waals surface area contributed by atoms with E-state index in [-0.39, 0.29) is 86.3 Å². The summed E-state index contributed by atoms with van der Waals surface area (Å²) in [5.74, 6) is -13.1. The summed E-state index contributed by atoms with van der Waals surface area (Å²) in [5, 5.41) is 53.6. The van der Waals surface area contributed by atoms with Gasteiger partial charge in [0.25, 0.3) is 0 Å².